The highest BCUT2D eigenvalue weighted by molar-refractivity contribution is 5.99. The molecule has 4 aromatic rings. The lowest BCUT2D eigenvalue weighted by atomic mass is 9.85. The zero-order valence-electron chi connectivity index (χ0n) is 23.8. The molecule has 39 heavy (non-hydrogen) atoms. The van der Waals surface area contributed by atoms with Gasteiger partial charge in [0.25, 0.3) is 5.91 Å². The molecule has 1 aromatic heterocycles. The summed E-state index contributed by atoms with van der Waals surface area (Å²) in [4.78, 5) is 24.4. The lowest BCUT2D eigenvalue weighted by Crippen LogP contribution is -2.27. The molecule has 204 valence electrons. The van der Waals surface area contributed by atoms with Crippen molar-refractivity contribution in [1.29, 1.82) is 0 Å². The Kier molecular flexibility index (Phi) is 7.86. The van der Waals surface area contributed by atoms with Crippen molar-refractivity contribution in [2.24, 2.45) is 0 Å². The first kappa shape index (κ1) is 28.0. The molecule has 0 aliphatic rings. The molecule has 1 heterocycles. The minimum Gasteiger partial charge on any atom is -0.479 e. The topological polar surface area (TPSA) is 80.6 Å². The van der Waals surface area contributed by atoms with Crippen LogP contribution in [-0.4, -0.2) is 27.7 Å². The second-order valence-corrected chi connectivity index (χ2v) is 11.3. The van der Waals surface area contributed by atoms with Gasteiger partial charge in [-0.15, -0.1) is 0 Å². The summed E-state index contributed by atoms with van der Waals surface area (Å²) < 4.78 is 7.77. The second-order valence-electron chi connectivity index (χ2n) is 11.3. The average molecular weight is 527 g/mol. The molecular weight excluding hydrogens is 488 g/mol. The second kappa shape index (κ2) is 11.0. The molecule has 0 radical (unpaired) electrons. The summed E-state index contributed by atoms with van der Waals surface area (Å²) in [5.74, 6) is -0.585. The number of hydrogen-bond donors (Lipinski definition) is 2. The van der Waals surface area contributed by atoms with Gasteiger partial charge in [-0.05, 0) is 85.7 Å². The molecule has 0 saturated carbocycles. The summed E-state index contributed by atoms with van der Waals surface area (Å²) in [6.45, 7) is 14.8. The van der Waals surface area contributed by atoms with Gasteiger partial charge in [-0.3, -0.25) is 4.79 Å². The van der Waals surface area contributed by atoms with Crippen LogP contribution in [0.4, 0.5) is 0 Å². The van der Waals surface area contributed by atoms with Gasteiger partial charge in [0.1, 0.15) is 5.75 Å². The van der Waals surface area contributed by atoms with Crippen molar-refractivity contribution < 1.29 is 19.4 Å². The van der Waals surface area contributed by atoms with Crippen LogP contribution in [0, 0.1) is 13.8 Å². The number of carbonyl (C=O) groups is 2. The van der Waals surface area contributed by atoms with Crippen LogP contribution in [0.3, 0.4) is 0 Å². The van der Waals surface area contributed by atoms with E-state index >= 15 is 0 Å². The number of carboxylic acids is 1. The lowest BCUT2D eigenvalue weighted by molar-refractivity contribution is -0.144. The number of hydrogen-bond acceptors (Lipinski definition) is 3. The van der Waals surface area contributed by atoms with E-state index in [0.29, 0.717) is 17.9 Å². The number of aliphatic carboxylic acids is 1. The van der Waals surface area contributed by atoms with Crippen LogP contribution >= 0.6 is 0 Å². The maximum absolute atomic E-state index is 13.2. The normalized spacial score (nSPS) is 13.2. The van der Waals surface area contributed by atoms with Crippen molar-refractivity contribution >= 4 is 22.8 Å². The maximum atomic E-state index is 13.2. The maximum Gasteiger partial charge on any atom is 0.344 e. The molecule has 0 saturated heterocycles. The zero-order chi connectivity index (χ0) is 28.5. The molecule has 6 nitrogen and oxygen atoms in total. The Labute approximate surface area is 230 Å². The van der Waals surface area contributed by atoms with Crippen LogP contribution in [-0.2, 0) is 16.8 Å². The standard InChI is InChI=1S/C33H38N2O4/c1-20-22(3)35(19-24-10-8-13-28(16-24)39-23(4)32(37)38)30-15-14-26(18-29(20)30)31(36)34-21(2)25-11-9-12-27(17-25)33(5,6)7/h8-18,21,23H,19H2,1-7H3,(H,34,36)(H,37,38)/t21-,23-/m0/s1. The Bertz CT molecular complexity index is 1530. The fourth-order valence-corrected chi connectivity index (χ4v) is 4.79. The van der Waals surface area contributed by atoms with Gasteiger partial charge < -0.3 is 19.7 Å². The minimum absolute atomic E-state index is 0.0402. The minimum atomic E-state index is -1.00. The van der Waals surface area contributed by atoms with Crippen LogP contribution in [0.1, 0.15) is 79.0 Å². The summed E-state index contributed by atoms with van der Waals surface area (Å²) in [5.41, 5.74) is 7.26. The third-order valence-electron chi connectivity index (χ3n) is 7.40. The van der Waals surface area contributed by atoms with E-state index < -0.39 is 12.1 Å². The Morgan fingerprint density at radius 3 is 2.38 bits per heavy atom. The monoisotopic (exact) mass is 526 g/mol. The molecule has 0 fully saturated rings. The van der Waals surface area contributed by atoms with Crippen molar-refractivity contribution in [2.75, 3.05) is 0 Å². The van der Waals surface area contributed by atoms with Gasteiger partial charge in [-0.25, -0.2) is 4.79 Å². The van der Waals surface area contributed by atoms with Gasteiger partial charge in [-0.2, -0.15) is 0 Å². The van der Waals surface area contributed by atoms with E-state index in [0.717, 1.165) is 33.3 Å². The number of fused-ring (bicyclic) bond motifs is 1. The van der Waals surface area contributed by atoms with Gasteiger partial charge >= 0.3 is 5.97 Å². The van der Waals surface area contributed by atoms with Crippen molar-refractivity contribution in [3.8, 4) is 5.75 Å². The third kappa shape index (κ3) is 6.17. The first-order valence-electron chi connectivity index (χ1n) is 13.3. The Morgan fingerprint density at radius 2 is 1.69 bits per heavy atom. The molecule has 0 bridgehead atoms. The number of nitrogens with one attached hydrogen (secondary N) is 1. The molecule has 6 heteroatoms. The number of carboxylic acid groups (broad SMARTS) is 1. The molecule has 3 aromatic carbocycles. The number of nitrogens with zero attached hydrogens (tertiary/aromatic N) is 1. The van der Waals surface area contributed by atoms with Crippen molar-refractivity contribution in [3.63, 3.8) is 0 Å². The van der Waals surface area contributed by atoms with Crippen molar-refractivity contribution in [1.82, 2.24) is 9.88 Å². The summed E-state index contributed by atoms with van der Waals surface area (Å²) in [6.07, 6.45) is -0.925. The molecule has 0 unspecified atom stereocenters. The van der Waals surface area contributed by atoms with E-state index in [1.165, 1.54) is 12.5 Å². The number of carbonyl (C=O) groups excluding carboxylic acids is 1. The highest BCUT2D eigenvalue weighted by Crippen LogP contribution is 2.29. The number of ether oxygens (including phenoxy) is 1. The summed E-state index contributed by atoms with van der Waals surface area (Å²) >= 11 is 0. The molecule has 4 rings (SSSR count). The molecule has 1 amide bonds. The van der Waals surface area contributed by atoms with Gasteiger partial charge in [-0.1, -0.05) is 57.2 Å². The Morgan fingerprint density at radius 1 is 0.974 bits per heavy atom. The number of rotatable bonds is 8. The van der Waals surface area contributed by atoms with Crippen LogP contribution in [0.2, 0.25) is 0 Å². The molecule has 0 aliphatic carbocycles. The average Bonchev–Trinajstić information content (AvgIpc) is 3.12. The predicted molar refractivity (Wildman–Crippen MR) is 156 cm³/mol. The molecular formula is C33H38N2O4. The van der Waals surface area contributed by atoms with E-state index in [1.807, 2.05) is 49.4 Å². The van der Waals surface area contributed by atoms with Gasteiger partial charge in [0, 0.05) is 28.7 Å². The zero-order valence-corrected chi connectivity index (χ0v) is 23.8. The van der Waals surface area contributed by atoms with E-state index in [2.05, 4.69) is 62.7 Å². The van der Waals surface area contributed by atoms with E-state index in [1.54, 1.807) is 6.07 Å². The van der Waals surface area contributed by atoms with Crippen LogP contribution in [0.5, 0.6) is 5.75 Å². The quantitative estimate of drug-likeness (QED) is 0.260. The van der Waals surface area contributed by atoms with Crippen LogP contribution in [0.15, 0.2) is 66.7 Å². The highest BCUT2D eigenvalue weighted by atomic mass is 16.5. The number of aryl methyl sites for hydroxylation is 1. The van der Waals surface area contributed by atoms with Crippen molar-refractivity contribution in [2.45, 2.75) is 72.6 Å². The predicted octanol–water partition coefficient (Wildman–Crippen LogP) is 6.95. The molecule has 0 spiro atoms. The fraction of sp³-hybridized carbons (Fsp3) is 0.333. The van der Waals surface area contributed by atoms with Gasteiger partial charge in [0.05, 0.1) is 6.04 Å². The van der Waals surface area contributed by atoms with E-state index in [4.69, 9.17) is 9.84 Å². The number of amides is 1. The summed E-state index contributed by atoms with van der Waals surface area (Å²) in [5, 5.41) is 13.4. The summed E-state index contributed by atoms with van der Waals surface area (Å²) in [7, 11) is 0. The van der Waals surface area contributed by atoms with Gasteiger partial charge in [0.2, 0.25) is 0 Å². The van der Waals surface area contributed by atoms with Crippen LogP contribution in [0.25, 0.3) is 10.9 Å². The Hall–Kier alpha value is -4.06. The van der Waals surface area contributed by atoms with E-state index in [9.17, 15) is 9.59 Å². The first-order chi connectivity index (χ1) is 18.3. The van der Waals surface area contributed by atoms with Crippen LogP contribution < -0.4 is 10.1 Å². The van der Waals surface area contributed by atoms with Gasteiger partial charge in [0.15, 0.2) is 6.10 Å². The van der Waals surface area contributed by atoms with E-state index in [-0.39, 0.29) is 17.4 Å². The third-order valence-corrected chi connectivity index (χ3v) is 7.40. The smallest absolute Gasteiger partial charge is 0.344 e. The number of aromatic nitrogens is 1. The number of benzene rings is 3. The fourth-order valence-electron chi connectivity index (χ4n) is 4.79. The Balaban J connectivity index is 1.56. The SMILES string of the molecule is Cc1c(C)n(Cc2cccc(O[C@@H](C)C(=O)O)c2)c2ccc(C(=O)N[C@@H](C)c3cccc(C(C)(C)C)c3)cc12. The largest absolute Gasteiger partial charge is 0.479 e. The molecule has 0 aliphatic heterocycles. The lowest BCUT2D eigenvalue weighted by Gasteiger charge is -2.22. The summed E-state index contributed by atoms with van der Waals surface area (Å²) in [6, 6.07) is 21.6. The highest BCUT2D eigenvalue weighted by Gasteiger charge is 2.19. The molecule has 2 N–H and O–H groups in total. The first-order valence-corrected chi connectivity index (χ1v) is 13.3. The van der Waals surface area contributed by atoms with Crippen molar-refractivity contribution in [3.05, 3.63) is 100 Å². The molecule has 2 atom stereocenters.